The molecule has 2 heterocycles. The summed E-state index contributed by atoms with van der Waals surface area (Å²) in [5.41, 5.74) is 0. The quantitative estimate of drug-likeness (QED) is 0.885. The molecule has 2 aromatic rings. The largest absolute Gasteiger partial charge is 0.456 e. The van der Waals surface area contributed by atoms with Crippen LogP contribution >= 0.6 is 11.3 Å². The van der Waals surface area contributed by atoms with Gasteiger partial charge in [0, 0.05) is 17.8 Å². The van der Waals surface area contributed by atoms with Crippen LogP contribution < -0.4 is 5.32 Å². The Morgan fingerprint density at radius 2 is 2.29 bits per heavy atom. The van der Waals surface area contributed by atoms with Gasteiger partial charge in [0.2, 0.25) is 0 Å². The number of hydrogen-bond donors (Lipinski definition) is 1. The van der Waals surface area contributed by atoms with Gasteiger partial charge in [0.15, 0.2) is 5.76 Å². The molecule has 1 N–H and O–H groups in total. The highest BCUT2D eigenvalue weighted by Crippen LogP contribution is 2.10. The van der Waals surface area contributed by atoms with E-state index in [4.69, 9.17) is 4.42 Å². The summed E-state index contributed by atoms with van der Waals surface area (Å²) in [5, 5.41) is 4.89. The van der Waals surface area contributed by atoms with Crippen LogP contribution in [0.4, 0.5) is 0 Å². The summed E-state index contributed by atoms with van der Waals surface area (Å²) in [7, 11) is 0. The van der Waals surface area contributed by atoms with E-state index in [0.717, 1.165) is 18.6 Å². The Hall–Kier alpha value is -1.55. The van der Waals surface area contributed by atoms with E-state index in [2.05, 4.69) is 11.4 Å². The zero-order chi connectivity index (χ0) is 12.1. The Kier molecular flexibility index (Phi) is 3.98. The van der Waals surface area contributed by atoms with Gasteiger partial charge in [0.05, 0.1) is 0 Å². The Bertz CT molecular complexity index is 473. The minimum absolute atomic E-state index is 0.138. The second-order valence-corrected chi connectivity index (χ2v) is 4.74. The third-order valence-electron chi connectivity index (χ3n) is 2.47. The molecule has 17 heavy (non-hydrogen) atoms. The van der Waals surface area contributed by atoms with E-state index in [1.807, 2.05) is 24.4 Å². The highest BCUT2D eigenvalue weighted by Gasteiger charge is 2.09. The highest BCUT2D eigenvalue weighted by molar-refractivity contribution is 7.09. The lowest BCUT2D eigenvalue weighted by atomic mass is 10.3. The average Bonchev–Trinajstić information content (AvgIpc) is 2.99. The zero-order valence-electron chi connectivity index (χ0n) is 9.73. The summed E-state index contributed by atoms with van der Waals surface area (Å²) >= 11 is 1.70. The minimum atomic E-state index is -0.138. The summed E-state index contributed by atoms with van der Waals surface area (Å²) in [4.78, 5) is 13.0. The minimum Gasteiger partial charge on any atom is -0.456 e. The topological polar surface area (TPSA) is 42.2 Å². The molecule has 0 aliphatic rings. The number of carbonyl (C=O) groups is 1. The Morgan fingerprint density at radius 1 is 1.41 bits per heavy atom. The van der Waals surface area contributed by atoms with Gasteiger partial charge in [-0.25, -0.2) is 0 Å². The fourth-order valence-electron chi connectivity index (χ4n) is 1.53. The smallest absolute Gasteiger partial charge is 0.287 e. The monoisotopic (exact) mass is 249 g/mol. The molecule has 90 valence electrons. The lowest BCUT2D eigenvalue weighted by molar-refractivity contribution is 0.0925. The molecule has 2 rings (SSSR count). The molecule has 2 aromatic heterocycles. The summed E-state index contributed by atoms with van der Waals surface area (Å²) < 4.78 is 5.37. The molecule has 0 aliphatic carbocycles. The first-order valence-electron chi connectivity index (χ1n) is 5.69. The maximum absolute atomic E-state index is 11.7. The normalized spacial score (nSPS) is 10.4. The number of aryl methyl sites for hydroxylation is 1. The van der Waals surface area contributed by atoms with Crippen LogP contribution in [0, 0.1) is 0 Å². The van der Waals surface area contributed by atoms with Crippen molar-refractivity contribution < 1.29 is 9.21 Å². The molecule has 0 fully saturated rings. The third-order valence-corrected chi connectivity index (χ3v) is 3.41. The van der Waals surface area contributed by atoms with Crippen molar-refractivity contribution in [2.75, 3.05) is 6.54 Å². The first-order valence-corrected chi connectivity index (χ1v) is 6.57. The van der Waals surface area contributed by atoms with Crippen molar-refractivity contribution >= 4 is 17.2 Å². The van der Waals surface area contributed by atoms with E-state index in [0.29, 0.717) is 12.3 Å². The Labute approximate surface area is 104 Å². The molecule has 0 atom stereocenters. The van der Waals surface area contributed by atoms with Gasteiger partial charge in [-0.05, 0) is 30.0 Å². The van der Waals surface area contributed by atoms with Gasteiger partial charge >= 0.3 is 0 Å². The van der Waals surface area contributed by atoms with E-state index < -0.39 is 0 Å². The van der Waals surface area contributed by atoms with Crippen molar-refractivity contribution in [3.05, 3.63) is 46.0 Å². The van der Waals surface area contributed by atoms with Crippen molar-refractivity contribution in [3.8, 4) is 0 Å². The first-order chi connectivity index (χ1) is 8.29. The van der Waals surface area contributed by atoms with E-state index in [1.54, 1.807) is 17.4 Å². The molecule has 0 radical (unpaired) electrons. The molecule has 0 saturated carbocycles. The number of thiophene rings is 1. The molecule has 0 unspecified atom stereocenters. The maximum atomic E-state index is 11.7. The lowest BCUT2D eigenvalue weighted by Crippen LogP contribution is -2.25. The summed E-state index contributed by atoms with van der Waals surface area (Å²) in [6.45, 7) is 2.64. The third kappa shape index (κ3) is 3.20. The number of nitrogens with one attached hydrogen (secondary N) is 1. The standard InChI is InChI=1S/C13H15NO2S/c1-2-10-5-6-12(16-10)13(15)14-8-7-11-4-3-9-17-11/h3-6,9H,2,7-8H2,1H3,(H,14,15). The maximum Gasteiger partial charge on any atom is 0.287 e. The van der Waals surface area contributed by atoms with Gasteiger partial charge in [0.25, 0.3) is 5.91 Å². The molecule has 0 saturated heterocycles. The molecular weight excluding hydrogens is 234 g/mol. The summed E-state index contributed by atoms with van der Waals surface area (Å²) in [6, 6.07) is 7.65. The van der Waals surface area contributed by atoms with Crippen LogP contribution in [0.15, 0.2) is 34.1 Å². The second kappa shape index (κ2) is 5.68. The van der Waals surface area contributed by atoms with Gasteiger partial charge in [-0.2, -0.15) is 0 Å². The van der Waals surface area contributed by atoms with Crippen molar-refractivity contribution in [2.45, 2.75) is 19.8 Å². The molecule has 0 bridgehead atoms. The van der Waals surface area contributed by atoms with Gasteiger partial charge in [0.1, 0.15) is 5.76 Å². The van der Waals surface area contributed by atoms with Crippen LogP contribution in [0.25, 0.3) is 0 Å². The number of rotatable bonds is 5. The molecule has 1 amide bonds. The van der Waals surface area contributed by atoms with Crippen molar-refractivity contribution in [1.29, 1.82) is 0 Å². The SMILES string of the molecule is CCc1ccc(C(=O)NCCc2cccs2)o1. The zero-order valence-corrected chi connectivity index (χ0v) is 10.5. The van der Waals surface area contributed by atoms with Gasteiger partial charge in [-0.15, -0.1) is 11.3 Å². The lowest BCUT2D eigenvalue weighted by Gasteiger charge is -2.01. The van der Waals surface area contributed by atoms with Crippen LogP contribution in [0.3, 0.4) is 0 Å². The van der Waals surface area contributed by atoms with E-state index in [1.165, 1.54) is 4.88 Å². The predicted molar refractivity (Wildman–Crippen MR) is 68.4 cm³/mol. The van der Waals surface area contributed by atoms with Crippen molar-refractivity contribution in [2.24, 2.45) is 0 Å². The van der Waals surface area contributed by atoms with Gasteiger partial charge in [-0.1, -0.05) is 13.0 Å². The van der Waals surface area contributed by atoms with E-state index >= 15 is 0 Å². The number of furan rings is 1. The molecule has 0 aliphatic heterocycles. The fraction of sp³-hybridized carbons (Fsp3) is 0.308. The van der Waals surface area contributed by atoms with Crippen LogP contribution in [-0.2, 0) is 12.8 Å². The van der Waals surface area contributed by atoms with Crippen LogP contribution in [0.2, 0.25) is 0 Å². The Balaban J connectivity index is 1.81. The molecular formula is C13H15NO2S. The molecule has 0 aromatic carbocycles. The van der Waals surface area contributed by atoms with Crippen LogP contribution in [0.5, 0.6) is 0 Å². The first kappa shape index (κ1) is 11.9. The number of carbonyl (C=O) groups excluding carboxylic acids is 1. The van der Waals surface area contributed by atoms with Gasteiger partial charge < -0.3 is 9.73 Å². The van der Waals surface area contributed by atoms with E-state index in [9.17, 15) is 4.79 Å². The predicted octanol–water partition coefficient (Wildman–Crippen LogP) is 2.88. The summed E-state index contributed by atoms with van der Waals surface area (Å²) in [5.74, 6) is 1.10. The molecule has 3 nitrogen and oxygen atoms in total. The van der Waals surface area contributed by atoms with Crippen molar-refractivity contribution in [1.82, 2.24) is 5.32 Å². The van der Waals surface area contributed by atoms with Crippen LogP contribution in [-0.4, -0.2) is 12.5 Å². The Morgan fingerprint density at radius 3 is 2.94 bits per heavy atom. The fourth-order valence-corrected chi connectivity index (χ4v) is 2.24. The highest BCUT2D eigenvalue weighted by atomic mass is 32.1. The van der Waals surface area contributed by atoms with E-state index in [-0.39, 0.29) is 5.91 Å². The summed E-state index contributed by atoms with van der Waals surface area (Å²) in [6.07, 6.45) is 1.67. The number of hydrogen-bond acceptors (Lipinski definition) is 3. The number of amides is 1. The van der Waals surface area contributed by atoms with Crippen LogP contribution in [0.1, 0.15) is 28.1 Å². The average molecular weight is 249 g/mol. The molecule has 4 heteroatoms. The van der Waals surface area contributed by atoms with Crippen molar-refractivity contribution in [3.63, 3.8) is 0 Å². The second-order valence-electron chi connectivity index (χ2n) is 3.70. The molecule has 0 spiro atoms. The van der Waals surface area contributed by atoms with Gasteiger partial charge in [-0.3, -0.25) is 4.79 Å².